The van der Waals surface area contributed by atoms with Crippen LogP contribution < -0.4 is 10.5 Å². The summed E-state index contributed by atoms with van der Waals surface area (Å²) in [6.07, 6.45) is 9.51. The van der Waals surface area contributed by atoms with Gasteiger partial charge in [0.25, 0.3) is 0 Å². The minimum Gasteiger partial charge on any atom is -0.367 e. The molecule has 0 aliphatic heterocycles. The Morgan fingerprint density at radius 2 is 2.03 bits per heavy atom. The number of benzene rings is 1. The zero-order chi connectivity index (χ0) is 24.1. The van der Waals surface area contributed by atoms with E-state index in [-0.39, 0.29) is 5.78 Å². The van der Waals surface area contributed by atoms with Gasteiger partial charge in [-0.2, -0.15) is 5.10 Å². The van der Waals surface area contributed by atoms with E-state index < -0.39 is 0 Å². The number of rotatable bonds is 7. The molecule has 4 rings (SSSR count). The summed E-state index contributed by atoms with van der Waals surface area (Å²) in [5, 5.41) is 12.6. The zero-order valence-corrected chi connectivity index (χ0v) is 21.6. The van der Waals surface area contributed by atoms with E-state index in [1.807, 2.05) is 44.3 Å². The highest BCUT2D eigenvalue weighted by Crippen LogP contribution is 2.24. The van der Waals surface area contributed by atoms with Crippen LogP contribution in [0.5, 0.6) is 0 Å². The molecule has 1 saturated carbocycles. The maximum absolute atomic E-state index is 13.0. The summed E-state index contributed by atoms with van der Waals surface area (Å²) in [5.41, 5.74) is 1.98. The summed E-state index contributed by atoms with van der Waals surface area (Å²) in [4.78, 5) is 21.3. The SMILES string of the molecule is CC.COSN.O=C(c1ccn(Cc2cccc(Br)c2)n1)c1cncnc1NC1CCCC1. The lowest BCUT2D eigenvalue weighted by atomic mass is 10.1. The first-order chi connectivity index (χ1) is 16.1. The highest BCUT2D eigenvalue weighted by atomic mass is 79.9. The largest absolute Gasteiger partial charge is 0.367 e. The normalized spacial score (nSPS) is 12.9. The number of ketones is 1. The molecule has 0 amide bonds. The Bertz CT molecular complexity index is 992. The molecule has 1 aliphatic carbocycles. The van der Waals surface area contributed by atoms with Gasteiger partial charge in [0.1, 0.15) is 17.8 Å². The third kappa shape index (κ3) is 8.54. The second-order valence-electron chi connectivity index (χ2n) is 7.03. The second-order valence-corrected chi connectivity index (χ2v) is 8.47. The van der Waals surface area contributed by atoms with Gasteiger partial charge in [0.15, 0.2) is 0 Å². The molecule has 1 aliphatic rings. The molecule has 1 aromatic carbocycles. The van der Waals surface area contributed by atoms with Crippen molar-refractivity contribution in [3.8, 4) is 0 Å². The molecule has 0 bridgehead atoms. The Labute approximate surface area is 208 Å². The van der Waals surface area contributed by atoms with Crippen molar-refractivity contribution in [1.29, 1.82) is 0 Å². The van der Waals surface area contributed by atoms with Crippen LogP contribution in [-0.2, 0) is 10.7 Å². The monoisotopic (exact) mass is 534 g/mol. The third-order valence-electron chi connectivity index (χ3n) is 4.86. The van der Waals surface area contributed by atoms with Crippen LogP contribution in [0.15, 0.2) is 53.5 Å². The molecule has 0 atom stereocenters. The predicted molar refractivity (Wildman–Crippen MR) is 137 cm³/mol. The average molecular weight is 536 g/mol. The van der Waals surface area contributed by atoms with Crippen molar-refractivity contribution in [3.05, 3.63) is 70.3 Å². The summed E-state index contributed by atoms with van der Waals surface area (Å²) in [6, 6.07) is 10.2. The van der Waals surface area contributed by atoms with Gasteiger partial charge in [-0.3, -0.25) is 14.6 Å². The molecule has 0 unspecified atom stereocenters. The molecular formula is C23H31BrN6O2S. The summed E-state index contributed by atoms with van der Waals surface area (Å²) in [5.74, 6) is 0.438. The van der Waals surface area contributed by atoms with Gasteiger partial charge in [0.2, 0.25) is 5.78 Å². The van der Waals surface area contributed by atoms with Crippen LogP contribution in [0.2, 0.25) is 0 Å². The first-order valence-electron chi connectivity index (χ1n) is 10.9. The topological polar surface area (TPSA) is 108 Å². The second kappa shape index (κ2) is 14.8. The molecule has 178 valence electrons. The maximum Gasteiger partial charge on any atom is 0.218 e. The molecule has 8 nitrogen and oxygen atoms in total. The standard InChI is InChI=1S/C20H20BrN5O.C2H6.CH5NOS/c21-15-5-3-4-14(10-15)12-26-9-8-18(25-26)19(27)17-11-22-13-23-20(17)24-16-6-1-2-7-16;1-2;1-3-4-2/h3-5,8-11,13,16H,1-2,6-7,12H2,(H,22,23,24);1-2H3;2H2,1H3. The lowest BCUT2D eigenvalue weighted by molar-refractivity contribution is 0.103. The van der Waals surface area contributed by atoms with Crippen molar-refractivity contribution in [3.63, 3.8) is 0 Å². The predicted octanol–water partition coefficient (Wildman–Crippen LogP) is 5.25. The smallest absolute Gasteiger partial charge is 0.218 e. The molecule has 0 spiro atoms. The molecule has 1 fully saturated rings. The maximum atomic E-state index is 13.0. The fraction of sp³-hybridized carbons (Fsp3) is 0.391. The van der Waals surface area contributed by atoms with E-state index >= 15 is 0 Å². The van der Waals surface area contributed by atoms with E-state index in [1.54, 1.807) is 16.9 Å². The highest BCUT2D eigenvalue weighted by Gasteiger charge is 2.21. The van der Waals surface area contributed by atoms with Crippen LogP contribution in [0.25, 0.3) is 0 Å². The van der Waals surface area contributed by atoms with Crippen LogP contribution in [0.1, 0.15) is 61.1 Å². The van der Waals surface area contributed by atoms with Crippen LogP contribution in [0, 0.1) is 0 Å². The van der Waals surface area contributed by atoms with Gasteiger partial charge in [0, 0.05) is 22.9 Å². The third-order valence-corrected chi connectivity index (χ3v) is 5.54. The number of nitrogens with one attached hydrogen (secondary N) is 1. The van der Waals surface area contributed by atoms with E-state index in [0.29, 0.717) is 29.7 Å². The summed E-state index contributed by atoms with van der Waals surface area (Å²) < 4.78 is 7.02. The van der Waals surface area contributed by atoms with Crippen LogP contribution in [0.4, 0.5) is 5.82 Å². The van der Waals surface area contributed by atoms with E-state index in [0.717, 1.165) is 35.1 Å². The molecule has 2 aromatic heterocycles. The van der Waals surface area contributed by atoms with Crippen LogP contribution >= 0.6 is 28.2 Å². The average Bonchev–Trinajstić information content (AvgIpc) is 3.53. The summed E-state index contributed by atoms with van der Waals surface area (Å²) in [6.45, 7) is 4.60. The minimum atomic E-state index is -0.163. The lowest BCUT2D eigenvalue weighted by Crippen LogP contribution is -2.19. The Morgan fingerprint density at radius 1 is 1.30 bits per heavy atom. The summed E-state index contributed by atoms with van der Waals surface area (Å²) >= 11 is 4.33. The fourth-order valence-corrected chi connectivity index (χ4v) is 3.85. The van der Waals surface area contributed by atoms with Crippen LogP contribution in [0.3, 0.4) is 0 Å². The van der Waals surface area contributed by atoms with Crippen molar-refractivity contribution in [2.75, 3.05) is 12.4 Å². The molecule has 33 heavy (non-hydrogen) atoms. The van der Waals surface area contributed by atoms with E-state index in [4.69, 9.17) is 5.14 Å². The van der Waals surface area contributed by atoms with Gasteiger partial charge in [-0.15, -0.1) is 0 Å². The molecule has 0 radical (unpaired) electrons. The number of nitrogens with two attached hydrogens (primary N) is 1. The number of carbonyl (C=O) groups is 1. The Kier molecular flexibility index (Phi) is 12.1. The molecule has 0 saturated heterocycles. The van der Waals surface area contributed by atoms with Crippen LogP contribution in [-0.4, -0.2) is 38.7 Å². The minimum absolute atomic E-state index is 0.163. The van der Waals surface area contributed by atoms with E-state index in [2.05, 4.69) is 40.5 Å². The molecule has 2 heterocycles. The van der Waals surface area contributed by atoms with Crippen molar-refractivity contribution < 1.29 is 8.98 Å². The number of carbonyl (C=O) groups excluding carboxylic acids is 1. The van der Waals surface area contributed by atoms with Crippen molar-refractivity contribution >= 4 is 39.8 Å². The Hall–Kier alpha value is -2.27. The number of hydrogen-bond acceptors (Lipinski definition) is 8. The number of nitrogens with zero attached hydrogens (tertiary/aromatic N) is 4. The van der Waals surface area contributed by atoms with Gasteiger partial charge in [-0.25, -0.2) is 9.97 Å². The highest BCUT2D eigenvalue weighted by molar-refractivity contribution is 9.10. The van der Waals surface area contributed by atoms with E-state index in [1.165, 1.54) is 26.3 Å². The van der Waals surface area contributed by atoms with Gasteiger partial charge in [-0.1, -0.05) is 54.8 Å². The number of aromatic nitrogens is 4. The fourth-order valence-electron chi connectivity index (χ4n) is 3.41. The van der Waals surface area contributed by atoms with Gasteiger partial charge >= 0.3 is 0 Å². The zero-order valence-electron chi connectivity index (χ0n) is 19.2. The van der Waals surface area contributed by atoms with E-state index in [9.17, 15) is 4.79 Å². The molecule has 3 aromatic rings. The number of anilines is 1. The Morgan fingerprint density at radius 3 is 2.70 bits per heavy atom. The molecular weight excluding hydrogens is 504 g/mol. The number of hydrogen-bond donors (Lipinski definition) is 2. The lowest BCUT2D eigenvalue weighted by Gasteiger charge is -2.14. The molecule has 10 heteroatoms. The van der Waals surface area contributed by atoms with Gasteiger partial charge < -0.3 is 9.50 Å². The Balaban J connectivity index is 0.000000582. The first kappa shape index (κ1) is 27.0. The number of halogens is 1. The quantitative estimate of drug-likeness (QED) is 0.240. The van der Waals surface area contributed by atoms with Crippen molar-refractivity contribution in [2.45, 2.75) is 52.1 Å². The summed E-state index contributed by atoms with van der Waals surface area (Å²) in [7, 11) is 1.52. The molecule has 3 N–H and O–H groups in total. The van der Waals surface area contributed by atoms with Gasteiger partial charge in [-0.05, 0) is 36.6 Å². The van der Waals surface area contributed by atoms with Crippen molar-refractivity contribution in [1.82, 2.24) is 19.7 Å². The van der Waals surface area contributed by atoms with Gasteiger partial charge in [0.05, 0.1) is 31.4 Å². The van der Waals surface area contributed by atoms with Crippen molar-refractivity contribution in [2.24, 2.45) is 5.14 Å². The first-order valence-corrected chi connectivity index (χ1v) is 12.5.